The molecule has 0 atom stereocenters. The highest BCUT2D eigenvalue weighted by molar-refractivity contribution is 5.74. The van der Waals surface area contributed by atoms with Gasteiger partial charge in [-0.15, -0.1) is 0 Å². The van der Waals surface area contributed by atoms with Crippen molar-refractivity contribution in [3.05, 3.63) is 17.0 Å². The second kappa shape index (κ2) is 9.92. The molecular formula is C19H35N5O2. The van der Waals surface area contributed by atoms with Gasteiger partial charge in [-0.3, -0.25) is 4.68 Å². The Morgan fingerprint density at radius 3 is 2.62 bits per heavy atom. The van der Waals surface area contributed by atoms with Crippen molar-refractivity contribution in [1.82, 2.24) is 24.9 Å². The maximum Gasteiger partial charge on any atom is 0.317 e. The number of amides is 2. The number of ether oxygens (including phenoxy) is 1. The van der Waals surface area contributed by atoms with E-state index in [1.807, 2.05) is 16.5 Å². The zero-order valence-electron chi connectivity index (χ0n) is 17.0. The molecule has 0 unspecified atom stereocenters. The van der Waals surface area contributed by atoms with Crippen LogP contribution in [-0.2, 0) is 17.8 Å². The zero-order valence-corrected chi connectivity index (χ0v) is 17.0. The summed E-state index contributed by atoms with van der Waals surface area (Å²) in [4.78, 5) is 17.0. The normalized spacial score (nSPS) is 16.0. The van der Waals surface area contributed by atoms with Crippen molar-refractivity contribution in [3.63, 3.8) is 0 Å². The first-order valence-corrected chi connectivity index (χ1v) is 9.69. The fourth-order valence-corrected chi connectivity index (χ4v) is 3.53. The van der Waals surface area contributed by atoms with Gasteiger partial charge in [0, 0.05) is 38.0 Å². The Labute approximate surface area is 157 Å². The number of methoxy groups -OCH3 is 1. The van der Waals surface area contributed by atoms with Crippen molar-refractivity contribution in [1.29, 1.82) is 0 Å². The van der Waals surface area contributed by atoms with Gasteiger partial charge >= 0.3 is 6.03 Å². The molecule has 0 aliphatic carbocycles. The van der Waals surface area contributed by atoms with Gasteiger partial charge < -0.3 is 19.9 Å². The first-order chi connectivity index (χ1) is 12.5. The minimum absolute atomic E-state index is 0.0102. The lowest BCUT2D eigenvalue weighted by atomic mass is 9.97. The van der Waals surface area contributed by atoms with Gasteiger partial charge in [-0.05, 0) is 59.7 Å². The quantitative estimate of drug-likeness (QED) is 0.766. The number of carbonyl (C=O) groups is 1. The molecular weight excluding hydrogens is 330 g/mol. The highest BCUT2D eigenvalue weighted by Crippen LogP contribution is 2.17. The lowest BCUT2D eigenvalue weighted by molar-refractivity contribution is 0.144. The molecule has 1 saturated heterocycles. The fraction of sp³-hybridized carbons (Fsp3) is 0.789. The highest BCUT2D eigenvalue weighted by atomic mass is 16.5. The summed E-state index contributed by atoms with van der Waals surface area (Å²) < 4.78 is 7.20. The van der Waals surface area contributed by atoms with Crippen LogP contribution in [0.25, 0.3) is 0 Å². The van der Waals surface area contributed by atoms with Crippen LogP contribution in [0.2, 0.25) is 0 Å². The molecule has 0 aromatic carbocycles. The molecule has 148 valence electrons. The summed E-state index contributed by atoms with van der Waals surface area (Å²) in [7, 11) is 3.82. The first-order valence-electron chi connectivity index (χ1n) is 9.69. The predicted octanol–water partition coefficient (Wildman–Crippen LogP) is 2.02. The van der Waals surface area contributed by atoms with Crippen molar-refractivity contribution in [2.75, 3.05) is 46.9 Å². The molecule has 2 heterocycles. The van der Waals surface area contributed by atoms with Gasteiger partial charge in [-0.2, -0.15) is 5.10 Å². The summed E-state index contributed by atoms with van der Waals surface area (Å²) in [5, 5.41) is 7.71. The molecule has 1 aromatic heterocycles. The van der Waals surface area contributed by atoms with E-state index in [1.165, 1.54) is 0 Å². The second-order valence-electron chi connectivity index (χ2n) is 7.31. The van der Waals surface area contributed by atoms with E-state index in [1.54, 1.807) is 7.11 Å². The van der Waals surface area contributed by atoms with Crippen LogP contribution in [0.5, 0.6) is 0 Å². The van der Waals surface area contributed by atoms with E-state index in [-0.39, 0.29) is 6.03 Å². The van der Waals surface area contributed by atoms with Crippen LogP contribution >= 0.6 is 0 Å². The maximum absolute atomic E-state index is 12.8. The van der Waals surface area contributed by atoms with Crippen LogP contribution in [-0.4, -0.2) is 72.6 Å². The third kappa shape index (κ3) is 5.45. The molecule has 0 spiro atoms. The molecule has 0 bridgehead atoms. The molecule has 2 amide bonds. The molecule has 1 aromatic rings. The fourth-order valence-electron chi connectivity index (χ4n) is 3.53. The van der Waals surface area contributed by atoms with Gasteiger partial charge in [-0.1, -0.05) is 0 Å². The minimum Gasteiger partial charge on any atom is -0.383 e. The molecule has 1 aliphatic heterocycles. The third-order valence-electron chi connectivity index (χ3n) is 5.41. The number of likely N-dealkylation sites (tertiary alicyclic amines) is 1. The largest absolute Gasteiger partial charge is 0.383 e. The third-order valence-corrected chi connectivity index (χ3v) is 5.41. The molecule has 2 rings (SSSR count). The molecule has 1 fully saturated rings. The molecule has 0 radical (unpaired) electrons. The standard InChI is InChI=1S/C19H35N5O2/c1-6-24-16(3)18(15(2)21-24)14-23(11-12-26-5)19(25)20-13-17-7-9-22(4)10-8-17/h17H,6-14H2,1-5H3,(H,20,25). The number of piperidine rings is 1. The van der Waals surface area contributed by atoms with E-state index in [4.69, 9.17) is 4.74 Å². The highest BCUT2D eigenvalue weighted by Gasteiger charge is 2.21. The molecule has 7 heteroatoms. The summed E-state index contributed by atoms with van der Waals surface area (Å²) in [6, 6.07) is -0.0102. The van der Waals surface area contributed by atoms with Crippen LogP contribution in [0.4, 0.5) is 4.79 Å². The number of aryl methyl sites for hydroxylation is 2. The van der Waals surface area contributed by atoms with Crippen molar-refractivity contribution in [2.45, 2.75) is 46.7 Å². The summed E-state index contributed by atoms with van der Waals surface area (Å²) in [5.74, 6) is 0.575. The average molecular weight is 366 g/mol. The maximum atomic E-state index is 12.8. The van der Waals surface area contributed by atoms with Gasteiger partial charge in [0.15, 0.2) is 0 Å². The van der Waals surface area contributed by atoms with E-state index in [0.29, 0.717) is 25.6 Å². The number of nitrogens with zero attached hydrogens (tertiary/aromatic N) is 4. The molecule has 7 nitrogen and oxygen atoms in total. The van der Waals surface area contributed by atoms with Gasteiger partial charge in [0.2, 0.25) is 0 Å². The van der Waals surface area contributed by atoms with E-state index >= 15 is 0 Å². The Hall–Kier alpha value is -1.60. The monoisotopic (exact) mass is 365 g/mol. The van der Waals surface area contributed by atoms with Gasteiger partial charge in [0.05, 0.1) is 18.8 Å². The molecule has 26 heavy (non-hydrogen) atoms. The summed E-state index contributed by atoms with van der Waals surface area (Å²) in [6.07, 6.45) is 2.30. The van der Waals surface area contributed by atoms with E-state index in [0.717, 1.165) is 56.0 Å². The number of urea groups is 1. The van der Waals surface area contributed by atoms with E-state index in [2.05, 4.69) is 36.2 Å². The van der Waals surface area contributed by atoms with Gasteiger partial charge in [-0.25, -0.2) is 4.79 Å². The lowest BCUT2D eigenvalue weighted by Crippen LogP contribution is -2.44. The Morgan fingerprint density at radius 1 is 1.35 bits per heavy atom. The van der Waals surface area contributed by atoms with Crippen LogP contribution in [0.3, 0.4) is 0 Å². The van der Waals surface area contributed by atoms with Crippen molar-refractivity contribution in [2.24, 2.45) is 5.92 Å². The molecule has 1 aliphatic rings. The Morgan fingerprint density at radius 2 is 2.04 bits per heavy atom. The Balaban J connectivity index is 1.97. The second-order valence-corrected chi connectivity index (χ2v) is 7.31. The topological polar surface area (TPSA) is 62.6 Å². The van der Waals surface area contributed by atoms with Gasteiger partial charge in [0.25, 0.3) is 0 Å². The number of carbonyl (C=O) groups excluding carboxylic acids is 1. The van der Waals surface area contributed by atoms with Gasteiger partial charge in [0.1, 0.15) is 0 Å². The summed E-state index contributed by atoms with van der Waals surface area (Å²) in [5.41, 5.74) is 3.27. The number of hydrogen-bond donors (Lipinski definition) is 1. The summed E-state index contributed by atoms with van der Waals surface area (Å²) in [6.45, 7) is 11.7. The smallest absolute Gasteiger partial charge is 0.317 e. The molecule has 1 N–H and O–H groups in total. The Bertz CT molecular complexity index is 579. The van der Waals surface area contributed by atoms with Crippen LogP contribution in [0.1, 0.15) is 36.7 Å². The van der Waals surface area contributed by atoms with Crippen molar-refractivity contribution >= 4 is 6.03 Å². The van der Waals surface area contributed by atoms with Crippen molar-refractivity contribution in [3.8, 4) is 0 Å². The minimum atomic E-state index is -0.0102. The number of rotatable bonds is 8. The van der Waals surface area contributed by atoms with E-state index in [9.17, 15) is 4.79 Å². The zero-order chi connectivity index (χ0) is 19.1. The van der Waals surface area contributed by atoms with E-state index < -0.39 is 0 Å². The number of hydrogen-bond acceptors (Lipinski definition) is 4. The van der Waals surface area contributed by atoms with Crippen LogP contribution in [0.15, 0.2) is 0 Å². The number of aromatic nitrogens is 2. The van der Waals surface area contributed by atoms with Crippen molar-refractivity contribution < 1.29 is 9.53 Å². The van der Waals surface area contributed by atoms with Crippen LogP contribution < -0.4 is 5.32 Å². The molecule has 0 saturated carbocycles. The lowest BCUT2D eigenvalue weighted by Gasteiger charge is -2.30. The van der Waals surface area contributed by atoms with Crippen LogP contribution in [0, 0.1) is 19.8 Å². The predicted molar refractivity (Wildman–Crippen MR) is 103 cm³/mol. The first kappa shape index (κ1) is 20.7. The average Bonchev–Trinajstić information content (AvgIpc) is 2.91. The Kier molecular flexibility index (Phi) is 7.90. The number of nitrogens with one attached hydrogen (secondary N) is 1. The SMILES string of the molecule is CCn1nc(C)c(CN(CCOC)C(=O)NCC2CCN(C)CC2)c1C. The summed E-state index contributed by atoms with van der Waals surface area (Å²) >= 11 is 0.